The van der Waals surface area contributed by atoms with Crippen molar-refractivity contribution in [2.75, 3.05) is 6.54 Å². The number of hydrogen-bond donors (Lipinski definition) is 2. The number of carbonyl (C=O) groups is 1. The van der Waals surface area contributed by atoms with E-state index in [0.717, 1.165) is 32.2 Å². The number of benzene rings is 1. The van der Waals surface area contributed by atoms with Crippen LogP contribution in [0.25, 0.3) is 0 Å². The van der Waals surface area contributed by atoms with E-state index in [2.05, 4.69) is 55.7 Å². The van der Waals surface area contributed by atoms with Gasteiger partial charge in [0, 0.05) is 12.0 Å². The highest BCUT2D eigenvalue weighted by Gasteiger charge is 2.28. The van der Waals surface area contributed by atoms with E-state index < -0.39 is 0 Å². The minimum atomic E-state index is 0. The van der Waals surface area contributed by atoms with E-state index in [9.17, 15) is 4.79 Å². The molecule has 3 atom stereocenters. The second kappa shape index (κ2) is 9.94. The number of amides is 1. The number of piperidine rings is 1. The molecule has 0 spiro atoms. The minimum absolute atomic E-state index is 0. The fraction of sp³-hybridized carbons (Fsp3) is 0.632. The van der Waals surface area contributed by atoms with Gasteiger partial charge in [0.2, 0.25) is 5.91 Å². The van der Waals surface area contributed by atoms with Crippen molar-refractivity contribution in [3.8, 4) is 0 Å². The molecule has 1 saturated heterocycles. The summed E-state index contributed by atoms with van der Waals surface area (Å²) in [5, 5.41) is 6.78. The van der Waals surface area contributed by atoms with Crippen LogP contribution < -0.4 is 10.6 Å². The van der Waals surface area contributed by atoms with Crippen LogP contribution in [-0.2, 0) is 4.79 Å². The molecular weight excluding hydrogens is 308 g/mol. The minimum Gasteiger partial charge on any atom is -0.349 e. The van der Waals surface area contributed by atoms with E-state index >= 15 is 0 Å². The summed E-state index contributed by atoms with van der Waals surface area (Å²) in [5.41, 5.74) is 1.23. The molecule has 1 heterocycles. The Morgan fingerprint density at radius 3 is 2.48 bits per heavy atom. The van der Waals surface area contributed by atoms with Gasteiger partial charge in [-0.25, -0.2) is 0 Å². The van der Waals surface area contributed by atoms with E-state index in [4.69, 9.17) is 0 Å². The van der Waals surface area contributed by atoms with Crippen LogP contribution in [0.15, 0.2) is 30.3 Å². The third-order valence-corrected chi connectivity index (χ3v) is 4.97. The molecule has 130 valence electrons. The first kappa shape index (κ1) is 20.0. The summed E-state index contributed by atoms with van der Waals surface area (Å²) in [6.07, 6.45) is 4.05. The Hall–Kier alpha value is -1.06. The van der Waals surface area contributed by atoms with Gasteiger partial charge in [-0.1, -0.05) is 57.0 Å². The molecule has 2 N–H and O–H groups in total. The Kier molecular flexibility index (Phi) is 8.64. The average Bonchev–Trinajstić information content (AvgIpc) is 2.55. The van der Waals surface area contributed by atoms with Gasteiger partial charge in [-0.05, 0) is 37.8 Å². The highest BCUT2D eigenvalue weighted by molar-refractivity contribution is 5.85. The molecule has 1 aliphatic heterocycles. The first-order valence-corrected chi connectivity index (χ1v) is 8.74. The summed E-state index contributed by atoms with van der Waals surface area (Å²) in [7, 11) is 0. The molecule has 1 aliphatic rings. The molecule has 0 saturated carbocycles. The van der Waals surface area contributed by atoms with Crippen LogP contribution >= 0.6 is 12.4 Å². The third-order valence-electron chi connectivity index (χ3n) is 4.97. The number of hydrogen-bond acceptors (Lipinski definition) is 2. The standard InChI is InChI=1S/C19H30N2O.ClH/c1-4-15(5-2)18(16-9-7-6-8-10-16)21-19(22)17-11-12-20-14(3)13-17;/h6-10,14-15,17-18,20H,4-5,11-13H2,1-3H3,(H,21,22);1H/t14-,17-,18?;/m0./s1. The van der Waals surface area contributed by atoms with Gasteiger partial charge in [-0.2, -0.15) is 0 Å². The summed E-state index contributed by atoms with van der Waals surface area (Å²) in [5.74, 6) is 0.872. The van der Waals surface area contributed by atoms with Crippen molar-refractivity contribution in [1.82, 2.24) is 10.6 Å². The van der Waals surface area contributed by atoms with Crippen molar-refractivity contribution < 1.29 is 4.79 Å². The van der Waals surface area contributed by atoms with E-state index in [1.54, 1.807) is 0 Å². The zero-order valence-corrected chi connectivity index (χ0v) is 15.4. The average molecular weight is 339 g/mol. The normalized spacial score (nSPS) is 22.3. The quantitative estimate of drug-likeness (QED) is 0.820. The van der Waals surface area contributed by atoms with Crippen LogP contribution in [0.2, 0.25) is 0 Å². The Balaban J connectivity index is 0.00000264. The lowest BCUT2D eigenvalue weighted by Crippen LogP contribution is -2.44. The lowest BCUT2D eigenvalue weighted by molar-refractivity contribution is -0.127. The van der Waals surface area contributed by atoms with Crippen molar-refractivity contribution in [3.63, 3.8) is 0 Å². The lowest BCUT2D eigenvalue weighted by Gasteiger charge is -2.32. The van der Waals surface area contributed by atoms with E-state index in [1.165, 1.54) is 5.56 Å². The largest absolute Gasteiger partial charge is 0.349 e. The highest BCUT2D eigenvalue weighted by Crippen LogP contribution is 2.28. The zero-order valence-electron chi connectivity index (χ0n) is 14.5. The molecule has 3 nitrogen and oxygen atoms in total. The van der Waals surface area contributed by atoms with Crippen molar-refractivity contribution in [2.45, 2.75) is 58.5 Å². The molecule has 1 aromatic rings. The number of nitrogens with one attached hydrogen (secondary N) is 2. The molecular formula is C19H31ClN2O. The van der Waals surface area contributed by atoms with E-state index in [1.807, 2.05) is 6.07 Å². The number of rotatable bonds is 6. The molecule has 4 heteroatoms. The van der Waals surface area contributed by atoms with Crippen LogP contribution in [0.4, 0.5) is 0 Å². The fourth-order valence-electron chi connectivity index (χ4n) is 3.53. The maximum absolute atomic E-state index is 12.7. The summed E-state index contributed by atoms with van der Waals surface area (Å²) >= 11 is 0. The van der Waals surface area contributed by atoms with E-state index in [-0.39, 0.29) is 30.3 Å². The first-order chi connectivity index (χ1) is 10.7. The Morgan fingerprint density at radius 1 is 1.26 bits per heavy atom. The Bertz CT molecular complexity index is 462. The zero-order chi connectivity index (χ0) is 15.9. The van der Waals surface area contributed by atoms with Crippen LogP contribution in [-0.4, -0.2) is 18.5 Å². The second-order valence-electron chi connectivity index (χ2n) is 6.55. The molecule has 23 heavy (non-hydrogen) atoms. The lowest BCUT2D eigenvalue weighted by atomic mass is 9.87. The Labute approximate surface area is 147 Å². The maximum Gasteiger partial charge on any atom is 0.223 e. The van der Waals surface area contributed by atoms with Gasteiger partial charge in [0.25, 0.3) is 0 Å². The molecule has 1 aromatic carbocycles. The van der Waals surface area contributed by atoms with Crippen LogP contribution in [0, 0.1) is 11.8 Å². The van der Waals surface area contributed by atoms with Gasteiger partial charge >= 0.3 is 0 Å². The summed E-state index contributed by atoms with van der Waals surface area (Å²) < 4.78 is 0. The van der Waals surface area contributed by atoms with Crippen LogP contribution in [0.1, 0.15) is 58.1 Å². The monoisotopic (exact) mass is 338 g/mol. The molecule has 1 fully saturated rings. The molecule has 0 bridgehead atoms. The molecule has 1 amide bonds. The highest BCUT2D eigenvalue weighted by atomic mass is 35.5. The van der Waals surface area contributed by atoms with Crippen LogP contribution in [0.3, 0.4) is 0 Å². The third kappa shape index (κ3) is 5.50. The summed E-state index contributed by atoms with van der Waals surface area (Å²) in [6.45, 7) is 7.53. The fourth-order valence-corrected chi connectivity index (χ4v) is 3.53. The second-order valence-corrected chi connectivity index (χ2v) is 6.55. The summed E-state index contributed by atoms with van der Waals surface area (Å²) in [6, 6.07) is 11.0. The first-order valence-electron chi connectivity index (χ1n) is 8.74. The van der Waals surface area contributed by atoms with Gasteiger partial charge in [0.15, 0.2) is 0 Å². The van der Waals surface area contributed by atoms with Gasteiger partial charge < -0.3 is 10.6 Å². The Morgan fingerprint density at radius 2 is 1.91 bits per heavy atom. The maximum atomic E-state index is 12.7. The van der Waals surface area contributed by atoms with Gasteiger partial charge in [-0.3, -0.25) is 4.79 Å². The number of halogens is 1. The van der Waals surface area contributed by atoms with Crippen molar-refractivity contribution >= 4 is 18.3 Å². The number of carbonyl (C=O) groups excluding carboxylic acids is 1. The van der Waals surface area contributed by atoms with Crippen molar-refractivity contribution in [2.24, 2.45) is 11.8 Å². The summed E-state index contributed by atoms with van der Waals surface area (Å²) in [4.78, 5) is 12.7. The SMILES string of the molecule is CCC(CC)C(NC(=O)[C@H]1CCN[C@@H](C)C1)c1ccccc1.Cl. The predicted molar refractivity (Wildman–Crippen MR) is 98.8 cm³/mol. The molecule has 0 aromatic heterocycles. The molecule has 1 unspecified atom stereocenters. The smallest absolute Gasteiger partial charge is 0.223 e. The van der Waals surface area contributed by atoms with Crippen molar-refractivity contribution in [3.05, 3.63) is 35.9 Å². The van der Waals surface area contributed by atoms with Crippen molar-refractivity contribution in [1.29, 1.82) is 0 Å². The van der Waals surface area contributed by atoms with Gasteiger partial charge in [-0.15, -0.1) is 12.4 Å². The van der Waals surface area contributed by atoms with E-state index in [0.29, 0.717) is 12.0 Å². The van der Waals surface area contributed by atoms with Gasteiger partial charge in [0.1, 0.15) is 0 Å². The molecule has 2 rings (SSSR count). The van der Waals surface area contributed by atoms with Gasteiger partial charge in [0.05, 0.1) is 6.04 Å². The molecule has 0 aliphatic carbocycles. The predicted octanol–water partition coefficient (Wildman–Crippen LogP) is 4.09. The topological polar surface area (TPSA) is 41.1 Å². The molecule has 0 radical (unpaired) electrons. The van der Waals surface area contributed by atoms with Crippen LogP contribution in [0.5, 0.6) is 0 Å².